The SMILES string of the molecule is COc1ccc(C2c3sc(=O)n(CC(=O)Nc4ccc(Cl)cc4)c3SC3C(=O)N(c4ccc([N+](=O)[O-])cc4)C(=O)C32)cc1. The molecule has 1 saturated heterocycles. The molecular formula is C29H21ClN4O7S2. The van der Waals surface area contributed by atoms with Crippen LogP contribution in [-0.2, 0) is 20.9 Å². The van der Waals surface area contributed by atoms with Gasteiger partial charge in [0, 0.05) is 33.6 Å². The molecule has 218 valence electrons. The molecule has 43 heavy (non-hydrogen) atoms. The van der Waals surface area contributed by atoms with Crippen LogP contribution < -0.4 is 19.8 Å². The van der Waals surface area contributed by atoms with E-state index >= 15 is 0 Å². The average molecular weight is 637 g/mol. The van der Waals surface area contributed by atoms with E-state index < -0.39 is 44.6 Å². The summed E-state index contributed by atoms with van der Waals surface area (Å²) in [6, 6.07) is 18.8. The number of amides is 3. The first-order chi connectivity index (χ1) is 20.7. The summed E-state index contributed by atoms with van der Waals surface area (Å²) >= 11 is 7.95. The number of imide groups is 1. The van der Waals surface area contributed by atoms with Crippen LogP contribution in [0.2, 0.25) is 5.02 Å². The highest BCUT2D eigenvalue weighted by molar-refractivity contribution is 8.00. The number of halogens is 1. The highest BCUT2D eigenvalue weighted by atomic mass is 35.5. The lowest BCUT2D eigenvalue weighted by Crippen LogP contribution is -2.33. The van der Waals surface area contributed by atoms with E-state index in [4.69, 9.17) is 16.3 Å². The van der Waals surface area contributed by atoms with E-state index in [2.05, 4.69) is 5.32 Å². The van der Waals surface area contributed by atoms with Crippen molar-refractivity contribution in [2.75, 3.05) is 17.3 Å². The molecule has 2 aliphatic heterocycles. The number of hydrogen-bond donors (Lipinski definition) is 1. The number of fused-ring (bicyclic) bond motifs is 2. The number of ether oxygens (including phenoxy) is 1. The Morgan fingerprint density at radius 2 is 1.67 bits per heavy atom. The maximum Gasteiger partial charge on any atom is 0.308 e. The molecule has 14 heteroatoms. The number of carbonyl (C=O) groups is 3. The number of rotatable bonds is 7. The Hall–Kier alpha value is -4.46. The maximum atomic E-state index is 14.0. The molecule has 0 bridgehead atoms. The number of thiazole rings is 1. The van der Waals surface area contributed by atoms with Crippen LogP contribution in [0.25, 0.3) is 0 Å². The third-order valence-corrected chi connectivity index (χ3v) is 10.1. The normalized spacial score (nSPS) is 19.1. The van der Waals surface area contributed by atoms with Crippen molar-refractivity contribution in [3.63, 3.8) is 0 Å². The van der Waals surface area contributed by atoms with Crippen molar-refractivity contribution >= 4 is 69.5 Å². The van der Waals surface area contributed by atoms with Gasteiger partial charge in [-0.15, -0.1) is 0 Å². The summed E-state index contributed by atoms with van der Waals surface area (Å²) in [5, 5.41) is 13.9. The first kappa shape index (κ1) is 28.6. The quantitative estimate of drug-likeness (QED) is 0.171. The number of methoxy groups -OCH3 is 1. The third-order valence-electron chi connectivity index (χ3n) is 7.27. The minimum atomic E-state index is -0.901. The molecule has 4 aromatic rings. The van der Waals surface area contributed by atoms with Crippen LogP contribution in [0, 0.1) is 16.0 Å². The van der Waals surface area contributed by atoms with Gasteiger partial charge in [-0.2, -0.15) is 0 Å². The van der Waals surface area contributed by atoms with Crippen molar-refractivity contribution in [3.05, 3.63) is 108 Å². The van der Waals surface area contributed by atoms with Gasteiger partial charge in [-0.1, -0.05) is 46.8 Å². The molecule has 3 amide bonds. The van der Waals surface area contributed by atoms with E-state index in [1.54, 1.807) is 48.5 Å². The molecule has 3 heterocycles. The zero-order valence-electron chi connectivity index (χ0n) is 22.3. The van der Waals surface area contributed by atoms with Gasteiger partial charge < -0.3 is 10.1 Å². The molecule has 0 radical (unpaired) electrons. The number of nitrogens with one attached hydrogen (secondary N) is 1. The second kappa shape index (κ2) is 11.3. The third kappa shape index (κ3) is 5.19. The number of hydrogen-bond acceptors (Lipinski definition) is 9. The summed E-state index contributed by atoms with van der Waals surface area (Å²) in [5.74, 6) is -2.36. The molecule has 3 unspecified atom stereocenters. The number of thioether (sulfide) groups is 1. The lowest BCUT2D eigenvalue weighted by molar-refractivity contribution is -0.384. The summed E-state index contributed by atoms with van der Waals surface area (Å²) in [5.41, 5.74) is 1.25. The minimum Gasteiger partial charge on any atom is -0.497 e. The Morgan fingerprint density at radius 3 is 2.30 bits per heavy atom. The van der Waals surface area contributed by atoms with E-state index in [9.17, 15) is 29.3 Å². The fraction of sp³-hybridized carbons (Fsp3) is 0.172. The van der Waals surface area contributed by atoms with E-state index in [0.717, 1.165) is 28.0 Å². The van der Waals surface area contributed by atoms with Crippen molar-refractivity contribution in [2.24, 2.45) is 5.92 Å². The number of nitro benzene ring substituents is 1. The van der Waals surface area contributed by atoms with Crippen LogP contribution in [0.15, 0.2) is 82.6 Å². The van der Waals surface area contributed by atoms with Crippen molar-refractivity contribution in [1.82, 2.24) is 4.57 Å². The van der Waals surface area contributed by atoms with Gasteiger partial charge in [-0.05, 0) is 54.1 Å². The van der Waals surface area contributed by atoms with Gasteiger partial charge in [0.05, 0.1) is 28.7 Å². The number of anilines is 2. The first-order valence-electron chi connectivity index (χ1n) is 12.9. The van der Waals surface area contributed by atoms with E-state index in [1.807, 2.05) is 0 Å². The molecule has 0 aliphatic carbocycles. The highest BCUT2D eigenvalue weighted by Crippen LogP contribution is 2.54. The monoisotopic (exact) mass is 636 g/mol. The Kier molecular flexibility index (Phi) is 7.54. The number of nitrogens with zero attached hydrogens (tertiary/aromatic N) is 3. The summed E-state index contributed by atoms with van der Waals surface area (Å²) in [6.07, 6.45) is 0. The lowest BCUT2D eigenvalue weighted by Gasteiger charge is -2.30. The molecular weight excluding hydrogens is 616 g/mol. The smallest absolute Gasteiger partial charge is 0.308 e. The van der Waals surface area contributed by atoms with Crippen molar-refractivity contribution in [2.45, 2.75) is 22.7 Å². The Bertz CT molecular complexity index is 1820. The molecule has 1 fully saturated rings. The Balaban J connectivity index is 1.39. The first-order valence-corrected chi connectivity index (χ1v) is 15.0. The second-order valence-electron chi connectivity index (χ2n) is 9.78. The fourth-order valence-corrected chi connectivity index (χ4v) is 8.18. The summed E-state index contributed by atoms with van der Waals surface area (Å²) in [6.45, 7) is -0.304. The van der Waals surface area contributed by atoms with Crippen molar-refractivity contribution < 1.29 is 24.0 Å². The van der Waals surface area contributed by atoms with Crippen molar-refractivity contribution in [1.29, 1.82) is 0 Å². The largest absolute Gasteiger partial charge is 0.497 e. The predicted molar refractivity (Wildman–Crippen MR) is 162 cm³/mol. The number of non-ortho nitro benzene ring substituents is 1. The van der Waals surface area contributed by atoms with Crippen LogP contribution in [0.4, 0.5) is 17.1 Å². The Morgan fingerprint density at radius 1 is 1.00 bits per heavy atom. The number of benzene rings is 3. The molecule has 6 rings (SSSR count). The molecule has 1 N–H and O–H groups in total. The standard InChI is InChI=1S/C29H21ClN4O7S2/c1-41-20-12-2-15(3-13-20)22-23-24(27(37)33(26(23)36)18-8-10-19(11-9-18)34(39)40)42-28-25(22)43-29(38)32(28)14-21(35)31-17-6-4-16(30)5-7-17/h2-13,22-24H,14H2,1H3,(H,31,35). The summed E-state index contributed by atoms with van der Waals surface area (Å²) < 4.78 is 6.62. The van der Waals surface area contributed by atoms with Gasteiger partial charge in [-0.3, -0.25) is 33.9 Å². The van der Waals surface area contributed by atoms with Gasteiger partial charge >= 0.3 is 4.87 Å². The molecule has 2 aliphatic rings. The van der Waals surface area contributed by atoms with E-state index in [-0.39, 0.29) is 17.9 Å². The molecule has 0 saturated carbocycles. The fourth-order valence-electron chi connectivity index (χ4n) is 5.28. The number of nitro groups is 1. The predicted octanol–water partition coefficient (Wildman–Crippen LogP) is 4.91. The number of carbonyl (C=O) groups excluding carboxylic acids is 3. The molecule has 1 aromatic heterocycles. The van der Waals surface area contributed by atoms with Gasteiger partial charge in [0.25, 0.3) is 5.69 Å². The summed E-state index contributed by atoms with van der Waals surface area (Å²) in [7, 11) is 1.53. The van der Waals surface area contributed by atoms with Crippen LogP contribution in [0.3, 0.4) is 0 Å². The Labute approximate surface area is 257 Å². The van der Waals surface area contributed by atoms with Crippen LogP contribution in [0.5, 0.6) is 5.75 Å². The van der Waals surface area contributed by atoms with Gasteiger partial charge in [0.2, 0.25) is 17.7 Å². The summed E-state index contributed by atoms with van der Waals surface area (Å²) in [4.78, 5) is 65.9. The molecule has 3 aromatic carbocycles. The average Bonchev–Trinajstić information content (AvgIpc) is 3.44. The van der Waals surface area contributed by atoms with Gasteiger partial charge in [-0.25, -0.2) is 4.90 Å². The van der Waals surface area contributed by atoms with E-state index in [1.165, 1.54) is 35.9 Å². The second-order valence-corrected chi connectivity index (χ2v) is 12.3. The minimum absolute atomic E-state index is 0.172. The maximum absolute atomic E-state index is 14.0. The number of aromatic nitrogens is 1. The van der Waals surface area contributed by atoms with Gasteiger partial charge in [0.15, 0.2) is 0 Å². The zero-order chi connectivity index (χ0) is 30.4. The van der Waals surface area contributed by atoms with Gasteiger partial charge in [0.1, 0.15) is 17.5 Å². The van der Waals surface area contributed by atoms with Crippen molar-refractivity contribution in [3.8, 4) is 5.75 Å². The highest BCUT2D eigenvalue weighted by Gasteiger charge is 2.56. The topological polar surface area (TPSA) is 141 Å². The van der Waals surface area contributed by atoms with E-state index in [0.29, 0.717) is 31.9 Å². The van der Waals surface area contributed by atoms with Crippen LogP contribution >= 0.6 is 34.7 Å². The lowest BCUT2D eigenvalue weighted by atomic mass is 9.83. The van der Waals surface area contributed by atoms with Crippen LogP contribution in [-0.4, -0.2) is 39.6 Å². The van der Waals surface area contributed by atoms with Crippen LogP contribution in [0.1, 0.15) is 16.4 Å². The molecule has 0 spiro atoms. The molecule has 11 nitrogen and oxygen atoms in total. The zero-order valence-corrected chi connectivity index (χ0v) is 24.7. The molecule has 3 atom stereocenters.